The third-order valence-corrected chi connectivity index (χ3v) is 4.34. The fourth-order valence-corrected chi connectivity index (χ4v) is 3.24. The normalized spacial score (nSPS) is 20.6. The number of hydrogen-bond donors (Lipinski definition) is 2. The van der Waals surface area contributed by atoms with Crippen LogP contribution >= 0.6 is 0 Å². The Morgan fingerprint density at radius 2 is 2.25 bits per heavy atom. The number of likely N-dealkylation sites (tertiary alicyclic amines) is 1. The highest BCUT2D eigenvalue weighted by molar-refractivity contribution is 5.81. The van der Waals surface area contributed by atoms with Crippen molar-refractivity contribution in [1.82, 2.24) is 14.5 Å². The number of benzene rings is 1. The van der Waals surface area contributed by atoms with E-state index in [4.69, 9.17) is 0 Å². The fraction of sp³-hybridized carbons (Fsp3) is 0.533. The van der Waals surface area contributed by atoms with Crippen LogP contribution in [0.25, 0.3) is 11.0 Å². The van der Waals surface area contributed by atoms with Gasteiger partial charge < -0.3 is 10.1 Å². The van der Waals surface area contributed by atoms with Gasteiger partial charge in [-0.15, -0.1) is 0 Å². The van der Waals surface area contributed by atoms with Gasteiger partial charge in [0.2, 0.25) is 0 Å². The standard InChI is InChI=1S/C15H21N3O2/c1-2-17-9-4-3-6-11(17)10-18-12-7-5-8-13(19)14(12)16-15(18)20/h5,7-8,11,19H,2-4,6,9-10H2,1H3,(H,16,20). The summed E-state index contributed by atoms with van der Waals surface area (Å²) in [5.41, 5.74) is 1.19. The predicted molar refractivity (Wildman–Crippen MR) is 79.1 cm³/mol. The van der Waals surface area contributed by atoms with Crippen LogP contribution in [0.2, 0.25) is 0 Å². The number of rotatable bonds is 3. The van der Waals surface area contributed by atoms with Crippen molar-refractivity contribution >= 4 is 11.0 Å². The summed E-state index contributed by atoms with van der Waals surface area (Å²) in [6, 6.07) is 5.67. The van der Waals surface area contributed by atoms with Crippen LogP contribution in [0, 0.1) is 0 Å². The Balaban J connectivity index is 1.96. The Hall–Kier alpha value is -1.75. The Kier molecular flexibility index (Phi) is 3.53. The van der Waals surface area contributed by atoms with Gasteiger partial charge in [-0.2, -0.15) is 0 Å². The van der Waals surface area contributed by atoms with Gasteiger partial charge in [0.25, 0.3) is 0 Å². The molecule has 1 saturated heterocycles. The smallest absolute Gasteiger partial charge is 0.326 e. The summed E-state index contributed by atoms with van der Waals surface area (Å²) in [7, 11) is 0. The highest BCUT2D eigenvalue weighted by Gasteiger charge is 2.23. The summed E-state index contributed by atoms with van der Waals surface area (Å²) >= 11 is 0. The minimum Gasteiger partial charge on any atom is -0.506 e. The summed E-state index contributed by atoms with van der Waals surface area (Å²) in [5.74, 6) is 0.134. The second kappa shape index (κ2) is 5.32. The van der Waals surface area contributed by atoms with Crippen molar-refractivity contribution in [2.75, 3.05) is 13.1 Å². The van der Waals surface area contributed by atoms with Crippen LogP contribution in [0.5, 0.6) is 5.75 Å². The van der Waals surface area contributed by atoms with Crippen LogP contribution < -0.4 is 5.69 Å². The molecule has 1 unspecified atom stereocenters. The van der Waals surface area contributed by atoms with Crippen molar-refractivity contribution in [1.29, 1.82) is 0 Å². The Morgan fingerprint density at radius 1 is 1.40 bits per heavy atom. The van der Waals surface area contributed by atoms with Gasteiger partial charge in [-0.05, 0) is 38.1 Å². The molecular weight excluding hydrogens is 254 g/mol. The number of imidazole rings is 1. The average Bonchev–Trinajstić information content (AvgIpc) is 2.78. The maximum atomic E-state index is 12.1. The van der Waals surface area contributed by atoms with Gasteiger partial charge in [0, 0.05) is 12.6 Å². The molecule has 1 aromatic heterocycles. The maximum absolute atomic E-state index is 12.1. The molecule has 0 aliphatic carbocycles. The minimum atomic E-state index is -0.136. The molecule has 2 aromatic rings. The lowest BCUT2D eigenvalue weighted by atomic mass is 10.0. The molecule has 5 nitrogen and oxygen atoms in total. The first-order valence-electron chi connectivity index (χ1n) is 7.35. The van der Waals surface area contributed by atoms with E-state index in [1.165, 1.54) is 12.8 Å². The first kappa shape index (κ1) is 13.2. The van der Waals surface area contributed by atoms with Gasteiger partial charge in [0.15, 0.2) is 0 Å². The topological polar surface area (TPSA) is 61.3 Å². The zero-order valence-corrected chi connectivity index (χ0v) is 11.8. The number of aromatic amines is 1. The summed E-state index contributed by atoms with van der Waals surface area (Å²) in [6.07, 6.45) is 3.60. The molecule has 1 atom stereocenters. The molecule has 0 bridgehead atoms. The molecule has 0 radical (unpaired) electrons. The van der Waals surface area contributed by atoms with E-state index in [-0.39, 0.29) is 11.4 Å². The lowest BCUT2D eigenvalue weighted by Crippen LogP contribution is -2.43. The molecule has 1 aromatic carbocycles. The van der Waals surface area contributed by atoms with Crippen LogP contribution in [0.4, 0.5) is 0 Å². The first-order chi connectivity index (χ1) is 9.70. The third-order valence-electron chi connectivity index (χ3n) is 4.34. The number of aromatic nitrogens is 2. The SMILES string of the molecule is CCN1CCCCC1Cn1c(=O)[nH]c2c(O)cccc21. The van der Waals surface area contributed by atoms with Crippen molar-refractivity contribution in [3.8, 4) is 5.75 Å². The Labute approximate surface area is 117 Å². The number of nitrogens with zero attached hydrogens (tertiary/aromatic N) is 2. The van der Waals surface area contributed by atoms with Gasteiger partial charge in [-0.3, -0.25) is 9.47 Å². The minimum absolute atomic E-state index is 0.134. The van der Waals surface area contributed by atoms with Gasteiger partial charge in [-0.1, -0.05) is 19.4 Å². The van der Waals surface area contributed by atoms with E-state index >= 15 is 0 Å². The van der Waals surface area contributed by atoms with E-state index in [2.05, 4.69) is 16.8 Å². The molecule has 3 rings (SSSR count). The van der Waals surface area contributed by atoms with Gasteiger partial charge >= 0.3 is 5.69 Å². The van der Waals surface area contributed by atoms with Crippen molar-refractivity contribution in [3.05, 3.63) is 28.7 Å². The maximum Gasteiger partial charge on any atom is 0.326 e. The largest absolute Gasteiger partial charge is 0.506 e. The molecule has 5 heteroatoms. The lowest BCUT2D eigenvalue weighted by Gasteiger charge is -2.34. The first-order valence-corrected chi connectivity index (χ1v) is 7.35. The summed E-state index contributed by atoms with van der Waals surface area (Å²) in [4.78, 5) is 17.3. The zero-order chi connectivity index (χ0) is 14.1. The molecule has 0 amide bonds. The molecule has 108 valence electrons. The average molecular weight is 275 g/mol. The number of para-hydroxylation sites is 1. The van der Waals surface area contributed by atoms with Crippen LogP contribution in [0.15, 0.2) is 23.0 Å². The summed E-state index contributed by atoms with van der Waals surface area (Å²) in [6.45, 7) is 4.99. The highest BCUT2D eigenvalue weighted by atomic mass is 16.3. The second-order valence-electron chi connectivity index (χ2n) is 5.49. The summed E-state index contributed by atoms with van der Waals surface area (Å²) < 4.78 is 1.76. The molecule has 1 aliphatic heterocycles. The molecule has 0 saturated carbocycles. The lowest BCUT2D eigenvalue weighted by molar-refractivity contribution is 0.140. The number of likely N-dealkylation sites (N-methyl/N-ethyl adjacent to an activating group) is 1. The van der Waals surface area contributed by atoms with E-state index < -0.39 is 0 Å². The van der Waals surface area contributed by atoms with Crippen molar-refractivity contribution in [2.45, 2.75) is 38.8 Å². The molecule has 2 heterocycles. The van der Waals surface area contributed by atoms with E-state index in [1.807, 2.05) is 6.07 Å². The fourth-order valence-electron chi connectivity index (χ4n) is 3.24. The van der Waals surface area contributed by atoms with E-state index in [0.717, 1.165) is 25.0 Å². The molecule has 20 heavy (non-hydrogen) atoms. The van der Waals surface area contributed by atoms with Crippen LogP contribution in [0.3, 0.4) is 0 Å². The van der Waals surface area contributed by atoms with E-state index in [0.29, 0.717) is 18.1 Å². The molecular formula is C15H21N3O2. The monoisotopic (exact) mass is 275 g/mol. The van der Waals surface area contributed by atoms with Crippen molar-refractivity contribution in [2.24, 2.45) is 0 Å². The molecule has 0 spiro atoms. The van der Waals surface area contributed by atoms with Crippen LogP contribution in [0.1, 0.15) is 26.2 Å². The predicted octanol–water partition coefficient (Wildman–Crippen LogP) is 1.91. The number of fused-ring (bicyclic) bond motifs is 1. The second-order valence-corrected chi connectivity index (χ2v) is 5.49. The molecule has 2 N–H and O–H groups in total. The van der Waals surface area contributed by atoms with Crippen molar-refractivity contribution < 1.29 is 5.11 Å². The van der Waals surface area contributed by atoms with E-state index in [1.54, 1.807) is 16.7 Å². The third kappa shape index (κ3) is 2.22. The number of phenols is 1. The Morgan fingerprint density at radius 3 is 3.05 bits per heavy atom. The van der Waals surface area contributed by atoms with Gasteiger partial charge in [0.1, 0.15) is 11.3 Å². The van der Waals surface area contributed by atoms with Gasteiger partial charge in [-0.25, -0.2) is 4.79 Å². The van der Waals surface area contributed by atoms with Gasteiger partial charge in [0.05, 0.1) is 5.52 Å². The quantitative estimate of drug-likeness (QED) is 0.899. The Bertz CT molecular complexity index is 659. The van der Waals surface area contributed by atoms with Crippen LogP contribution in [-0.4, -0.2) is 38.7 Å². The number of phenolic OH excluding ortho intramolecular Hbond substituents is 1. The number of hydrogen-bond acceptors (Lipinski definition) is 3. The van der Waals surface area contributed by atoms with E-state index in [9.17, 15) is 9.90 Å². The number of H-pyrrole nitrogens is 1. The number of piperidine rings is 1. The van der Waals surface area contributed by atoms with Crippen LogP contribution in [-0.2, 0) is 6.54 Å². The molecule has 1 fully saturated rings. The number of aromatic hydroxyl groups is 1. The molecule has 1 aliphatic rings. The number of nitrogens with one attached hydrogen (secondary N) is 1. The zero-order valence-electron chi connectivity index (χ0n) is 11.8. The van der Waals surface area contributed by atoms with Crippen molar-refractivity contribution in [3.63, 3.8) is 0 Å². The highest BCUT2D eigenvalue weighted by Crippen LogP contribution is 2.23. The summed E-state index contributed by atoms with van der Waals surface area (Å²) in [5, 5.41) is 9.82.